The largest absolute Gasteiger partial charge is 0.496 e. The van der Waals surface area contributed by atoms with Crippen molar-refractivity contribution in [3.8, 4) is 5.75 Å². The van der Waals surface area contributed by atoms with Crippen molar-refractivity contribution in [1.82, 2.24) is 14.9 Å². The highest BCUT2D eigenvalue weighted by Crippen LogP contribution is 2.21. The predicted octanol–water partition coefficient (Wildman–Crippen LogP) is 3.65. The summed E-state index contributed by atoms with van der Waals surface area (Å²) < 4.78 is 5.45. The molecule has 0 N–H and O–H groups in total. The van der Waals surface area contributed by atoms with Crippen molar-refractivity contribution in [2.24, 2.45) is 0 Å². The van der Waals surface area contributed by atoms with Crippen LogP contribution in [0.5, 0.6) is 5.75 Å². The first-order valence-electron chi connectivity index (χ1n) is 8.93. The highest BCUT2D eigenvalue weighted by Gasteiger charge is 2.16. The van der Waals surface area contributed by atoms with Gasteiger partial charge < -0.3 is 9.64 Å². The number of ether oxygens (including phenoxy) is 1. The summed E-state index contributed by atoms with van der Waals surface area (Å²) in [6.45, 7) is 1.04. The Bertz CT molecular complexity index is 854. The molecule has 0 bridgehead atoms. The summed E-state index contributed by atoms with van der Waals surface area (Å²) in [6.07, 6.45) is 8.15. The van der Waals surface area contributed by atoms with Gasteiger partial charge in [0, 0.05) is 49.9 Å². The number of hydrogen-bond donors (Lipinski definition) is 0. The van der Waals surface area contributed by atoms with Gasteiger partial charge in [0.25, 0.3) is 0 Å². The molecule has 5 nitrogen and oxygen atoms in total. The second-order valence-corrected chi connectivity index (χ2v) is 6.27. The third kappa shape index (κ3) is 5.38. The van der Waals surface area contributed by atoms with E-state index in [1.54, 1.807) is 31.9 Å². The summed E-state index contributed by atoms with van der Waals surface area (Å²) in [5.41, 5.74) is 3.16. The lowest BCUT2D eigenvalue weighted by Crippen LogP contribution is -2.30. The Labute approximate surface area is 159 Å². The molecule has 2 aromatic heterocycles. The molecular weight excluding hydrogens is 338 g/mol. The van der Waals surface area contributed by atoms with Crippen LogP contribution in [0.2, 0.25) is 0 Å². The van der Waals surface area contributed by atoms with Gasteiger partial charge in [0.15, 0.2) is 0 Å². The molecule has 1 aromatic carbocycles. The molecule has 3 rings (SSSR count). The van der Waals surface area contributed by atoms with Crippen LogP contribution in [0.3, 0.4) is 0 Å². The highest BCUT2D eigenvalue weighted by atomic mass is 16.5. The lowest BCUT2D eigenvalue weighted by atomic mass is 10.1. The maximum Gasteiger partial charge on any atom is 0.223 e. The Morgan fingerprint density at radius 3 is 2.19 bits per heavy atom. The highest BCUT2D eigenvalue weighted by molar-refractivity contribution is 5.76. The van der Waals surface area contributed by atoms with E-state index in [0.29, 0.717) is 25.9 Å². The van der Waals surface area contributed by atoms with Crippen LogP contribution in [-0.4, -0.2) is 27.9 Å². The minimum Gasteiger partial charge on any atom is -0.496 e. The van der Waals surface area contributed by atoms with Gasteiger partial charge in [-0.15, -0.1) is 0 Å². The minimum absolute atomic E-state index is 0.106. The van der Waals surface area contributed by atoms with Crippen molar-refractivity contribution in [2.45, 2.75) is 25.9 Å². The zero-order chi connectivity index (χ0) is 18.9. The van der Waals surface area contributed by atoms with Gasteiger partial charge in [0.1, 0.15) is 5.75 Å². The Morgan fingerprint density at radius 2 is 1.52 bits per heavy atom. The topological polar surface area (TPSA) is 55.3 Å². The second-order valence-electron chi connectivity index (χ2n) is 6.27. The number of aromatic nitrogens is 2. The fourth-order valence-electron chi connectivity index (χ4n) is 2.94. The Kier molecular flexibility index (Phi) is 6.52. The van der Waals surface area contributed by atoms with Gasteiger partial charge in [-0.3, -0.25) is 14.8 Å². The number of benzene rings is 1. The van der Waals surface area contributed by atoms with Crippen molar-refractivity contribution in [2.75, 3.05) is 7.11 Å². The number of pyridine rings is 2. The zero-order valence-corrected chi connectivity index (χ0v) is 15.4. The third-order valence-corrected chi connectivity index (χ3v) is 4.41. The number of aryl methyl sites for hydroxylation is 1. The van der Waals surface area contributed by atoms with Gasteiger partial charge in [0.05, 0.1) is 7.11 Å². The number of para-hydroxylation sites is 1. The van der Waals surface area contributed by atoms with Crippen molar-refractivity contribution in [3.05, 3.63) is 90.0 Å². The van der Waals surface area contributed by atoms with E-state index in [9.17, 15) is 4.79 Å². The molecule has 0 atom stereocenters. The molecule has 0 fully saturated rings. The number of rotatable bonds is 8. The maximum absolute atomic E-state index is 13.0. The van der Waals surface area contributed by atoms with Crippen LogP contribution in [-0.2, 0) is 24.3 Å². The van der Waals surface area contributed by atoms with Gasteiger partial charge in [-0.05, 0) is 47.9 Å². The Morgan fingerprint density at radius 1 is 0.889 bits per heavy atom. The van der Waals surface area contributed by atoms with Gasteiger partial charge in [-0.1, -0.05) is 18.2 Å². The molecule has 0 radical (unpaired) electrons. The van der Waals surface area contributed by atoms with Crippen LogP contribution >= 0.6 is 0 Å². The van der Waals surface area contributed by atoms with E-state index in [2.05, 4.69) is 9.97 Å². The fourth-order valence-corrected chi connectivity index (χ4v) is 2.94. The first-order valence-corrected chi connectivity index (χ1v) is 8.93. The molecule has 3 aromatic rings. The summed E-state index contributed by atoms with van der Waals surface area (Å²) in [5, 5.41) is 0. The lowest BCUT2D eigenvalue weighted by Gasteiger charge is -2.24. The average Bonchev–Trinajstić information content (AvgIpc) is 2.73. The van der Waals surface area contributed by atoms with Crippen LogP contribution in [0.4, 0.5) is 0 Å². The normalized spacial score (nSPS) is 10.4. The summed E-state index contributed by atoms with van der Waals surface area (Å²) in [5.74, 6) is 0.897. The summed E-state index contributed by atoms with van der Waals surface area (Å²) in [7, 11) is 1.65. The van der Waals surface area contributed by atoms with Crippen molar-refractivity contribution in [1.29, 1.82) is 0 Å². The second kappa shape index (κ2) is 9.48. The van der Waals surface area contributed by atoms with Crippen molar-refractivity contribution >= 4 is 5.91 Å². The molecule has 2 heterocycles. The van der Waals surface area contributed by atoms with E-state index >= 15 is 0 Å². The van der Waals surface area contributed by atoms with Crippen LogP contribution in [0.25, 0.3) is 0 Å². The molecule has 0 unspecified atom stereocenters. The summed E-state index contributed by atoms with van der Waals surface area (Å²) in [4.78, 5) is 22.9. The van der Waals surface area contributed by atoms with Gasteiger partial charge in [-0.25, -0.2) is 0 Å². The SMILES string of the molecule is COc1ccccc1CN(Cc1ccncc1)C(=O)CCc1ccncc1. The van der Waals surface area contributed by atoms with Crippen LogP contribution in [0.1, 0.15) is 23.1 Å². The summed E-state index contributed by atoms with van der Waals surface area (Å²) >= 11 is 0. The van der Waals surface area contributed by atoms with Crippen LogP contribution in [0, 0.1) is 0 Å². The van der Waals surface area contributed by atoms with E-state index in [1.807, 2.05) is 53.4 Å². The van der Waals surface area contributed by atoms with E-state index < -0.39 is 0 Å². The van der Waals surface area contributed by atoms with E-state index in [0.717, 1.165) is 22.4 Å². The fraction of sp³-hybridized carbons (Fsp3) is 0.227. The first kappa shape index (κ1) is 18.6. The molecule has 0 saturated carbocycles. The standard InChI is InChI=1S/C22H23N3O2/c1-27-21-5-3-2-4-20(21)17-25(16-19-10-14-24-15-11-19)22(26)7-6-18-8-12-23-13-9-18/h2-5,8-15H,6-7,16-17H2,1H3. The molecule has 0 spiro atoms. The maximum atomic E-state index is 13.0. The summed E-state index contributed by atoms with van der Waals surface area (Å²) in [6, 6.07) is 15.6. The Balaban J connectivity index is 1.75. The number of hydrogen-bond acceptors (Lipinski definition) is 4. The molecule has 0 saturated heterocycles. The first-order chi connectivity index (χ1) is 13.3. The third-order valence-electron chi connectivity index (χ3n) is 4.41. The van der Waals surface area contributed by atoms with E-state index in [4.69, 9.17) is 4.74 Å². The molecule has 0 aliphatic carbocycles. The number of methoxy groups -OCH3 is 1. The molecule has 27 heavy (non-hydrogen) atoms. The molecule has 0 aliphatic rings. The van der Waals surface area contributed by atoms with Crippen LogP contribution in [0.15, 0.2) is 73.3 Å². The number of carbonyl (C=O) groups is 1. The van der Waals surface area contributed by atoms with Gasteiger partial charge in [-0.2, -0.15) is 0 Å². The molecular formula is C22H23N3O2. The van der Waals surface area contributed by atoms with Gasteiger partial charge in [0.2, 0.25) is 5.91 Å². The van der Waals surface area contributed by atoms with E-state index in [-0.39, 0.29) is 5.91 Å². The Hall–Kier alpha value is -3.21. The predicted molar refractivity (Wildman–Crippen MR) is 104 cm³/mol. The van der Waals surface area contributed by atoms with Crippen LogP contribution < -0.4 is 4.74 Å². The molecule has 138 valence electrons. The average molecular weight is 361 g/mol. The molecule has 5 heteroatoms. The van der Waals surface area contributed by atoms with Crippen molar-refractivity contribution < 1.29 is 9.53 Å². The lowest BCUT2D eigenvalue weighted by molar-refractivity contribution is -0.132. The van der Waals surface area contributed by atoms with E-state index in [1.165, 1.54) is 0 Å². The zero-order valence-electron chi connectivity index (χ0n) is 15.4. The number of amides is 1. The van der Waals surface area contributed by atoms with Gasteiger partial charge >= 0.3 is 0 Å². The smallest absolute Gasteiger partial charge is 0.223 e. The number of nitrogens with zero attached hydrogens (tertiary/aromatic N) is 3. The number of carbonyl (C=O) groups excluding carboxylic acids is 1. The molecule has 0 aliphatic heterocycles. The van der Waals surface area contributed by atoms with Crippen molar-refractivity contribution in [3.63, 3.8) is 0 Å². The minimum atomic E-state index is 0.106. The quantitative estimate of drug-likeness (QED) is 0.615. The monoisotopic (exact) mass is 361 g/mol. The molecule has 1 amide bonds.